The first kappa shape index (κ1) is 14.3. The predicted molar refractivity (Wildman–Crippen MR) is 78.1 cm³/mol. The zero-order valence-electron chi connectivity index (χ0n) is 11.9. The van der Waals surface area contributed by atoms with Gasteiger partial charge in [0.15, 0.2) is 0 Å². The molecule has 0 aliphatic rings. The average Bonchev–Trinajstić information content (AvgIpc) is 2.48. The van der Waals surface area contributed by atoms with Crippen LogP contribution < -0.4 is 0 Å². The van der Waals surface area contributed by atoms with Crippen molar-refractivity contribution in [2.24, 2.45) is 0 Å². The molecule has 1 atom stereocenters. The lowest BCUT2D eigenvalue weighted by Gasteiger charge is -2.25. The maximum absolute atomic E-state index is 13.6. The van der Waals surface area contributed by atoms with Crippen LogP contribution in [0, 0.1) is 12.7 Å². The summed E-state index contributed by atoms with van der Waals surface area (Å²) in [5.41, 5.74) is 1.97. The van der Waals surface area contributed by atoms with Crippen molar-refractivity contribution in [3.63, 3.8) is 0 Å². The first-order chi connectivity index (χ1) is 9.50. The highest BCUT2D eigenvalue weighted by molar-refractivity contribution is 5.94. The van der Waals surface area contributed by atoms with Crippen LogP contribution in [0.15, 0.2) is 48.5 Å². The van der Waals surface area contributed by atoms with Gasteiger partial charge < -0.3 is 4.90 Å². The smallest absolute Gasteiger partial charge is 0.254 e. The molecule has 0 aromatic heterocycles. The highest BCUT2D eigenvalue weighted by atomic mass is 19.1. The van der Waals surface area contributed by atoms with Crippen LogP contribution in [-0.4, -0.2) is 17.9 Å². The van der Waals surface area contributed by atoms with Crippen molar-refractivity contribution in [2.75, 3.05) is 7.05 Å². The number of carbonyl (C=O) groups is 1. The van der Waals surface area contributed by atoms with Gasteiger partial charge in [0.05, 0.1) is 6.04 Å². The zero-order chi connectivity index (χ0) is 14.7. The lowest BCUT2D eigenvalue weighted by molar-refractivity contribution is 0.0742. The Balaban J connectivity index is 2.22. The summed E-state index contributed by atoms with van der Waals surface area (Å²) in [5, 5.41) is 0. The molecule has 0 aliphatic carbocycles. The van der Waals surface area contributed by atoms with Gasteiger partial charge in [-0.05, 0) is 37.1 Å². The molecule has 1 unspecified atom stereocenters. The quantitative estimate of drug-likeness (QED) is 0.827. The Kier molecular flexibility index (Phi) is 4.18. The van der Waals surface area contributed by atoms with Crippen LogP contribution in [0.25, 0.3) is 0 Å². The maximum Gasteiger partial charge on any atom is 0.254 e. The molecule has 0 N–H and O–H groups in total. The van der Waals surface area contributed by atoms with Gasteiger partial charge in [0, 0.05) is 12.6 Å². The number of amides is 1. The van der Waals surface area contributed by atoms with Crippen LogP contribution in [0.3, 0.4) is 0 Å². The third-order valence-electron chi connectivity index (χ3n) is 3.60. The number of nitrogens with zero attached hydrogens (tertiary/aromatic N) is 1. The lowest BCUT2D eigenvalue weighted by Crippen LogP contribution is -2.29. The summed E-state index contributed by atoms with van der Waals surface area (Å²) in [5.74, 6) is -0.531. The fraction of sp³-hybridized carbons (Fsp3) is 0.235. The molecule has 20 heavy (non-hydrogen) atoms. The third-order valence-corrected chi connectivity index (χ3v) is 3.60. The molecule has 0 spiro atoms. The number of aryl methyl sites for hydroxylation is 1. The highest BCUT2D eigenvalue weighted by Crippen LogP contribution is 2.21. The molecule has 2 aromatic carbocycles. The van der Waals surface area contributed by atoms with Crippen LogP contribution >= 0.6 is 0 Å². The fourth-order valence-corrected chi connectivity index (χ4v) is 2.06. The van der Waals surface area contributed by atoms with Crippen molar-refractivity contribution in [1.82, 2.24) is 4.90 Å². The van der Waals surface area contributed by atoms with Gasteiger partial charge in [0.2, 0.25) is 0 Å². The minimum atomic E-state index is -0.350. The van der Waals surface area contributed by atoms with Gasteiger partial charge in [-0.25, -0.2) is 4.39 Å². The van der Waals surface area contributed by atoms with E-state index in [1.165, 1.54) is 6.07 Å². The number of rotatable bonds is 3. The second-order valence-corrected chi connectivity index (χ2v) is 4.97. The standard InChI is InChI=1S/C17H18FNO/c1-12-9-10-15(11-16(12)18)17(20)19(3)13(2)14-7-5-4-6-8-14/h4-11,13H,1-3H3. The average molecular weight is 271 g/mol. The first-order valence-corrected chi connectivity index (χ1v) is 6.59. The first-order valence-electron chi connectivity index (χ1n) is 6.59. The van der Waals surface area contributed by atoms with Crippen LogP contribution in [0.1, 0.15) is 34.5 Å². The van der Waals surface area contributed by atoms with E-state index in [1.54, 1.807) is 31.0 Å². The molecule has 104 valence electrons. The van der Waals surface area contributed by atoms with Gasteiger partial charge >= 0.3 is 0 Å². The molecule has 0 saturated heterocycles. The van der Waals surface area contributed by atoms with E-state index in [0.29, 0.717) is 11.1 Å². The molecule has 0 bridgehead atoms. The Morgan fingerprint density at radius 2 is 1.80 bits per heavy atom. The van der Waals surface area contributed by atoms with E-state index in [4.69, 9.17) is 0 Å². The lowest BCUT2D eigenvalue weighted by atomic mass is 10.1. The number of carbonyl (C=O) groups excluding carboxylic acids is 1. The van der Waals surface area contributed by atoms with Gasteiger partial charge in [-0.2, -0.15) is 0 Å². The van der Waals surface area contributed by atoms with Gasteiger partial charge in [-0.15, -0.1) is 0 Å². The Morgan fingerprint density at radius 1 is 1.15 bits per heavy atom. The molecule has 0 saturated carbocycles. The maximum atomic E-state index is 13.6. The molecule has 2 rings (SSSR count). The van der Waals surface area contributed by atoms with E-state index in [0.717, 1.165) is 5.56 Å². The van der Waals surface area contributed by atoms with Crippen molar-refractivity contribution < 1.29 is 9.18 Å². The SMILES string of the molecule is Cc1ccc(C(=O)N(C)C(C)c2ccccc2)cc1F. The van der Waals surface area contributed by atoms with E-state index in [9.17, 15) is 9.18 Å². The van der Waals surface area contributed by atoms with E-state index in [-0.39, 0.29) is 17.8 Å². The number of benzene rings is 2. The molecule has 0 aliphatic heterocycles. The molecule has 0 fully saturated rings. The second kappa shape index (κ2) is 5.87. The van der Waals surface area contributed by atoms with Crippen LogP contribution in [0.4, 0.5) is 4.39 Å². The summed E-state index contributed by atoms with van der Waals surface area (Å²) in [7, 11) is 1.73. The van der Waals surface area contributed by atoms with Crippen LogP contribution in [0.2, 0.25) is 0 Å². The van der Waals surface area contributed by atoms with Gasteiger partial charge in [-0.1, -0.05) is 36.4 Å². The van der Waals surface area contributed by atoms with Crippen molar-refractivity contribution in [3.05, 3.63) is 71.0 Å². The molecule has 2 aromatic rings. The Morgan fingerprint density at radius 3 is 2.40 bits per heavy atom. The van der Waals surface area contributed by atoms with Crippen LogP contribution in [-0.2, 0) is 0 Å². The van der Waals surface area contributed by atoms with Gasteiger partial charge in [-0.3, -0.25) is 4.79 Å². The van der Waals surface area contributed by atoms with E-state index < -0.39 is 0 Å². The minimum absolute atomic E-state index is 0.0620. The summed E-state index contributed by atoms with van der Waals surface area (Å²) in [6.07, 6.45) is 0. The molecule has 1 amide bonds. The van der Waals surface area contributed by atoms with E-state index >= 15 is 0 Å². The number of hydrogen-bond acceptors (Lipinski definition) is 1. The number of hydrogen-bond donors (Lipinski definition) is 0. The Labute approximate surface area is 118 Å². The molecular formula is C17H18FNO. The predicted octanol–water partition coefficient (Wildman–Crippen LogP) is 3.97. The van der Waals surface area contributed by atoms with Crippen molar-refractivity contribution in [3.8, 4) is 0 Å². The van der Waals surface area contributed by atoms with Gasteiger partial charge in [0.1, 0.15) is 5.82 Å². The topological polar surface area (TPSA) is 20.3 Å². The molecule has 3 heteroatoms. The summed E-state index contributed by atoms with van der Waals surface area (Å²) in [4.78, 5) is 14.0. The summed E-state index contributed by atoms with van der Waals surface area (Å²) in [6.45, 7) is 3.64. The molecule has 0 heterocycles. The van der Waals surface area contributed by atoms with E-state index in [2.05, 4.69) is 0 Å². The minimum Gasteiger partial charge on any atom is -0.335 e. The van der Waals surface area contributed by atoms with Crippen molar-refractivity contribution in [1.29, 1.82) is 0 Å². The van der Waals surface area contributed by atoms with E-state index in [1.807, 2.05) is 37.3 Å². The fourth-order valence-electron chi connectivity index (χ4n) is 2.06. The normalized spacial score (nSPS) is 12.0. The summed E-state index contributed by atoms with van der Waals surface area (Å²) < 4.78 is 13.6. The summed E-state index contributed by atoms with van der Waals surface area (Å²) >= 11 is 0. The second-order valence-electron chi connectivity index (χ2n) is 4.97. The largest absolute Gasteiger partial charge is 0.335 e. The molecule has 2 nitrogen and oxygen atoms in total. The Bertz CT molecular complexity index is 610. The van der Waals surface area contributed by atoms with Crippen molar-refractivity contribution in [2.45, 2.75) is 19.9 Å². The monoisotopic (exact) mass is 271 g/mol. The van der Waals surface area contributed by atoms with Crippen LogP contribution in [0.5, 0.6) is 0 Å². The highest BCUT2D eigenvalue weighted by Gasteiger charge is 2.19. The zero-order valence-corrected chi connectivity index (χ0v) is 11.9. The Hall–Kier alpha value is -2.16. The van der Waals surface area contributed by atoms with Gasteiger partial charge in [0.25, 0.3) is 5.91 Å². The molecule has 0 radical (unpaired) electrons. The summed E-state index contributed by atoms with van der Waals surface area (Å²) in [6, 6.07) is 14.3. The third kappa shape index (κ3) is 2.87. The number of halogens is 1. The van der Waals surface area contributed by atoms with Crippen molar-refractivity contribution >= 4 is 5.91 Å². The molecular weight excluding hydrogens is 253 g/mol.